The summed E-state index contributed by atoms with van der Waals surface area (Å²) >= 11 is 0. The number of fused-ring (bicyclic) bond motifs is 30. The molecule has 0 aliphatic heterocycles. The second-order valence-corrected chi connectivity index (χ2v) is 38.7. The van der Waals surface area contributed by atoms with Gasteiger partial charge in [0, 0.05) is 132 Å². The van der Waals surface area contributed by atoms with Gasteiger partial charge in [-0.05, 0) is 227 Å². The van der Waals surface area contributed by atoms with Crippen LogP contribution >= 0.6 is 0 Å². The standard InChI is InChI=1S/C54H36N2.C48H32N2.C42H28N2/c1-4-16-37(17-5-1)39-28-32-42(33-29-39)55(43-34-30-40(31-35-43)38-18-6-2-7-19-38)51-36-49-44-22-10-13-25-47(44)54-53(52(49)46-24-12-11-23-45(46)51)48-26-14-15-27-50(48)56(54)41-20-8-3-9-21-41;1-4-16-33(17-5-1)34-28-30-37(31-29-34)49(35-18-6-2-7-19-35)45-32-43-38-22-10-13-25-41(38)48-47(46(43)40-24-12-11-23-39(40)45)42-26-14-15-27-44(42)50(48)36-20-8-3-9-21-36;1-4-16-29(17-5-1)43(30-18-6-2-7-19-30)39-28-37-32-22-10-13-25-35(32)42-41(40(37)34-24-12-11-23-33(34)39)36-26-14-15-27-38(36)44(42)31-20-8-3-9-21-31/h1-36H;1-32H;1-28H. The number of aromatic nitrogens is 3. The van der Waals surface area contributed by atoms with Gasteiger partial charge in [-0.15, -0.1) is 0 Å². The van der Waals surface area contributed by atoms with Crippen molar-refractivity contribution in [1.29, 1.82) is 0 Å². The Morgan fingerprint density at radius 2 is 0.287 bits per heavy atom. The molecule has 30 rings (SSSR count). The van der Waals surface area contributed by atoms with Gasteiger partial charge in [-0.1, -0.05) is 437 Å². The lowest BCUT2D eigenvalue weighted by atomic mass is 9.91. The van der Waals surface area contributed by atoms with Crippen LogP contribution in [-0.4, -0.2) is 13.7 Å². The zero-order valence-corrected chi connectivity index (χ0v) is 82.1. The van der Waals surface area contributed by atoms with E-state index >= 15 is 0 Å². The summed E-state index contributed by atoms with van der Waals surface area (Å²) < 4.78 is 7.37. The van der Waals surface area contributed by atoms with Crippen LogP contribution in [0.5, 0.6) is 0 Å². The highest BCUT2D eigenvalue weighted by Gasteiger charge is 2.30. The van der Waals surface area contributed by atoms with E-state index in [0.29, 0.717) is 0 Å². The number of hydrogen-bond acceptors (Lipinski definition) is 3. The Hall–Kier alpha value is -19.9. The zero-order chi connectivity index (χ0) is 99.1. The fraction of sp³-hybridized carbons (Fsp3) is 0. The molecule has 0 bridgehead atoms. The number of anilines is 9. The maximum Gasteiger partial charge on any atom is 0.0626 e. The van der Waals surface area contributed by atoms with Crippen molar-refractivity contribution < 1.29 is 0 Å². The fourth-order valence-electron chi connectivity index (χ4n) is 23.9. The molecule has 3 aromatic heterocycles. The molecule has 27 aromatic carbocycles. The first-order valence-electron chi connectivity index (χ1n) is 51.6. The lowest BCUT2D eigenvalue weighted by molar-refractivity contribution is 1.19. The topological polar surface area (TPSA) is 24.5 Å². The van der Waals surface area contributed by atoms with Gasteiger partial charge in [-0.25, -0.2) is 0 Å². The molecule has 0 fully saturated rings. The highest BCUT2D eigenvalue weighted by Crippen LogP contribution is 2.55. The third kappa shape index (κ3) is 14.9. The smallest absolute Gasteiger partial charge is 0.0626 e. The molecule has 702 valence electrons. The van der Waals surface area contributed by atoms with Crippen molar-refractivity contribution in [2.45, 2.75) is 0 Å². The van der Waals surface area contributed by atoms with E-state index in [1.165, 1.54) is 213 Å². The number of para-hydroxylation sites is 9. The Morgan fingerprint density at radius 3 is 0.527 bits per heavy atom. The van der Waals surface area contributed by atoms with Crippen LogP contribution in [0, 0.1) is 0 Å². The summed E-state index contributed by atoms with van der Waals surface area (Å²) in [5, 5.41) is 30.1. The molecule has 0 radical (unpaired) electrons. The number of benzene rings is 27. The maximum atomic E-state index is 2.46. The molecule has 0 N–H and O–H groups in total. The van der Waals surface area contributed by atoms with Gasteiger partial charge in [-0.2, -0.15) is 0 Å². The molecular formula is C144H96N6. The predicted octanol–water partition coefficient (Wildman–Crippen LogP) is 40.1. The average Bonchev–Trinajstić information content (AvgIpc) is 1.51. The number of hydrogen-bond donors (Lipinski definition) is 0. The van der Waals surface area contributed by atoms with Crippen LogP contribution in [0.3, 0.4) is 0 Å². The van der Waals surface area contributed by atoms with Crippen molar-refractivity contribution in [2.24, 2.45) is 0 Å². The quantitative estimate of drug-likeness (QED) is 0.0956. The Morgan fingerprint density at radius 1 is 0.113 bits per heavy atom. The van der Waals surface area contributed by atoms with Crippen LogP contribution in [0.2, 0.25) is 0 Å². The molecule has 150 heavy (non-hydrogen) atoms. The normalized spacial score (nSPS) is 11.6. The average molecular weight is 1910 g/mol. The van der Waals surface area contributed by atoms with E-state index in [9.17, 15) is 0 Å². The highest BCUT2D eigenvalue weighted by molar-refractivity contribution is 6.42. The Bertz CT molecular complexity index is 10300. The Balaban J connectivity index is 0.000000109. The van der Waals surface area contributed by atoms with Crippen LogP contribution in [0.1, 0.15) is 0 Å². The van der Waals surface area contributed by atoms with Gasteiger partial charge >= 0.3 is 0 Å². The van der Waals surface area contributed by atoms with Crippen molar-refractivity contribution in [3.05, 3.63) is 582 Å². The fourth-order valence-corrected chi connectivity index (χ4v) is 23.9. The molecule has 0 saturated carbocycles. The van der Waals surface area contributed by atoms with E-state index in [-0.39, 0.29) is 0 Å². The second kappa shape index (κ2) is 37.4. The predicted molar refractivity (Wildman–Crippen MR) is 640 cm³/mol. The van der Waals surface area contributed by atoms with E-state index < -0.39 is 0 Å². The second-order valence-electron chi connectivity index (χ2n) is 38.7. The zero-order valence-electron chi connectivity index (χ0n) is 82.1. The first-order valence-corrected chi connectivity index (χ1v) is 51.6. The minimum absolute atomic E-state index is 1.10. The number of rotatable bonds is 15. The van der Waals surface area contributed by atoms with E-state index in [1.807, 2.05) is 0 Å². The van der Waals surface area contributed by atoms with Crippen LogP contribution in [0.4, 0.5) is 51.2 Å². The van der Waals surface area contributed by atoms with Crippen molar-refractivity contribution in [2.75, 3.05) is 14.7 Å². The largest absolute Gasteiger partial charge is 0.310 e. The molecule has 6 nitrogen and oxygen atoms in total. The molecule has 0 unspecified atom stereocenters. The highest BCUT2D eigenvalue weighted by atomic mass is 15.2. The van der Waals surface area contributed by atoms with Gasteiger partial charge < -0.3 is 28.4 Å². The summed E-state index contributed by atoms with van der Waals surface area (Å²) in [5.74, 6) is 0. The molecule has 3 heterocycles. The summed E-state index contributed by atoms with van der Waals surface area (Å²) in [6, 6.07) is 211. The summed E-state index contributed by atoms with van der Waals surface area (Å²) in [4.78, 5) is 7.26. The van der Waals surface area contributed by atoms with Crippen molar-refractivity contribution in [3.8, 4) is 50.4 Å². The third-order valence-electron chi connectivity index (χ3n) is 30.4. The van der Waals surface area contributed by atoms with Gasteiger partial charge in [0.25, 0.3) is 0 Å². The Kier molecular flexibility index (Phi) is 21.9. The van der Waals surface area contributed by atoms with Crippen molar-refractivity contribution in [3.63, 3.8) is 0 Å². The van der Waals surface area contributed by atoms with Gasteiger partial charge in [0.15, 0.2) is 0 Å². The Labute approximate surface area is 868 Å². The van der Waals surface area contributed by atoms with Gasteiger partial charge in [0.2, 0.25) is 0 Å². The lowest BCUT2D eigenvalue weighted by Gasteiger charge is -2.28. The van der Waals surface area contributed by atoms with Crippen molar-refractivity contribution in [1.82, 2.24) is 13.7 Å². The van der Waals surface area contributed by atoms with Gasteiger partial charge in [-0.3, -0.25) is 0 Å². The van der Waals surface area contributed by atoms with Crippen LogP contribution in [0.25, 0.3) is 213 Å². The molecule has 30 aromatic rings. The molecule has 0 spiro atoms. The monoisotopic (exact) mass is 1910 g/mol. The van der Waals surface area contributed by atoms with Gasteiger partial charge in [0.1, 0.15) is 0 Å². The summed E-state index contributed by atoms with van der Waals surface area (Å²) in [6.07, 6.45) is 0. The minimum Gasteiger partial charge on any atom is -0.310 e. The van der Waals surface area contributed by atoms with E-state index in [2.05, 4.69) is 611 Å². The molecule has 6 heteroatoms. The maximum absolute atomic E-state index is 2.46. The first kappa shape index (κ1) is 87.8. The third-order valence-corrected chi connectivity index (χ3v) is 30.4. The first-order chi connectivity index (χ1) is 74.5. The molecule has 0 atom stereocenters. The molecule has 0 aliphatic carbocycles. The SMILES string of the molecule is c1ccc(-c2ccc(N(c3ccc(-c4ccccc4)cc3)c3cc4c5ccccc5c5c(c6ccccc6n5-c5ccccc5)c4c4ccccc34)cc2)cc1.c1ccc(-c2ccc(N(c3ccccc3)c3cc4c5ccccc5c5c(c6ccccc6n5-c5ccccc5)c4c4ccccc34)cc2)cc1.c1ccc(N(c2ccccc2)c2cc3c4ccccc4c4c(c5ccccc5n4-c4ccccc4)c3c3ccccc23)cc1. The summed E-state index contributed by atoms with van der Waals surface area (Å²) in [5.41, 5.74) is 28.3. The van der Waals surface area contributed by atoms with Gasteiger partial charge in [0.05, 0.1) is 50.2 Å². The van der Waals surface area contributed by atoms with E-state index in [4.69, 9.17) is 0 Å². The summed E-state index contributed by atoms with van der Waals surface area (Å²) in [6.45, 7) is 0. The van der Waals surface area contributed by atoms with Crippen LogP contribution in [0.15, 0.2) is 582 Å². The molecular weight excluding hydrogens is 1810 g/mol. The summed E-state index contributed by atoms with van der Waals surface area (Å²) in [7, 11) is 0. The van der Waals surface area contributed by atoms with E-state index in [1.54, 1.807) is 0 Å². The van der Waals surface area contributed by atoms with E-state index in [0.717, 1.165) is 51.2 Å². The lowest BCUT2D eigenvalue weighted by Crippen LogP contribution is -2.10. The molecule has 0 saturated heterocycles. The minimum atomic E-state index is 1.10. The molecule has 0 amide bonds. The van der Waals surface area contributed by atoms with Crippen molar-refractivity contribution >= 4 is 214 Å². The van der Waals surface area contributed by atoms with Crippen LogP contribution in [-0.2, 0) is 0 Å². The number of nitrogens with zero attached hydrogens (tertiary/aromatic N) is 6. The molecule has 0 aliphatic rings. The van der Waals surface area contributed by atoms with Crippen LogP contribution < -0.4 is 14.7 Å².